The van der Waals surface area contributed by atoms with Crippen LogP contribution in [0.15, 0.2) is 15.9 Å². The summed E-state index contributed by atoms with van der Waals surface area (Å²) in [6, 6.07) is -1.55. The number of aromatic nitrogens is 4. The summed E-state index contributed by atoms with van der Waals surface area (Å²) in [4.78, 5) is 43.9. The number of nitrogens with two attached hydrogens (primary N) is 2. The van der Waals surface area contributed by atoms with Crippen LogP contribution in [0.1, 0.15) is 38.6 Å². The monoisotopic (exact) mass is 487 g/mol. The molecule has 1 aliphatic heterocycles. The second kappa shape index (κ2) is 10.3. The highest BCUT2D eigenvalue weighted by Crippen LogP contribution is 2.33. The zero-order chi connectivity index (χ0) is 23.8. The van der Waals surface area contributed by atoms with Gasteiger partial charge in [-0.1, -0.05) is 6.42 Å². The molecule has 2 aromatic heterocycles. The highest BCUT2D eigenvalue weighted by molar-refractivity contribution is 5.85. The lowest BCUT2D eigenvalue weighted by Crippen LogP contribution is -2.48. The Morgan fingerprint density at radius 2 is 1.94 bits per heavy atom. The fraction of sp³-hybridized carbons (Fsp3) is 0.700. The molecular weight excluding hydrogens is 454 g/mol. The Bertz CT molecular complexity index is 1110. The van der Waals surface area contributed by atoms with E-state index in [1.165, 1.54) is 34.5 Å². The van der Waals surface area contributed by atoms with Crippen molar-refractivity contribution >= 4 is 29.5 Å². The quantitative estimate of drug-likeness (QED) is 0.345. The minimum atomic E-state index is -1.47. The number of rotatable bonds is 6. The lowest BCUT2D eigenvalue weighted by Gasteiger charge is -2.34. The zero-order valence-electron chi connectivity index (χ0n) is 19.2. The fourth-order valence-corrected chi connectivity index (χ4v) is 4.45. The average molecular weight is 488 g/mol. The van der Waals surface area contributed by atoms with Crippen molar-refractivity contribution in [2.45, 2.75) is 56.4 Å². The van der Waals surface area contributed by atoms with Gasteiger partial charge in [0, 0.05) is 33.6 Å². The number of carbonyl (C=O) groups excluding carboxylic acids is 1. The summed E-state index contributed by atoms with van der Waals surface area (Å²) in [7, 11) is 2.87. The Hall–Kier alpha value is -2.25. The number of hydrogen-bond donors (Lipinski definition) is 4. The first-order valence-electron chi connectivity index (χ1n) is 10.8. The molecule has 0 bridgehead atoms. The van der Waals surface area contributed by atoms with Gasteiger partial charge in [-0.25, -0.2) is 9.78 Å². The van der Waals surface area contributed by atoms with Gasteiger partial charge in [0.2, 0.25) is 5.91 Å². The molecule has 0 spiro atoms. The molecular formula is C20H34ClN7O5. The standard InChI is InChI=1S/C20H33N7O5.ClH/c1-20(32)8-12(28)9-26(17(29)13(22)6-4-5-7-21)10-14(20)27-11-23-16-15(27)18(30)25(3)19(31)24(16)2;/h11-14,28,32H,4-10,21-22H2,1-3H3;1H/t12-,13-,14+,20+;/m1./s1. The van der Waals surface area contributed by atoms with Gasteiger partial charge < -0.3 is 31.1 Å². The molecule has 2 aromatic rings. The van der Waals surface area contributed by atoms with Crippen molar-refractivity contribution < 1.29 is 15.0 Å². The number of halogens is 1. The Morgan fingerprint density at radius 3 is 2.58 bits per heavy atom. The van der Waals surface area contributed by atoms with E-state index in [0.717, 1.165) is 11.0 Å². The number of nitrogens with zero attached hydrogens (tertiary/aromatic N) is 5. The lowest BCUT2D eigenvalue weighted by molar-refractivity contribution is -0.134. The first-order valence-corrected chi connectivity index (χ1v) is 10.8. The zero-order valence-corrected chi connectivity index (χ0v) is 20.0. The van der Waals surface area contributed by atoms with Gasteiger partial charge in [0.25, 0.3) is 5.56 Å². The average Bonchev–Trinajstić information content (AvgIpc) is 3.12. The van der Waals surface area contributed by atoms with Gasteiger partial charge in [-0.15, -0.1) is 12.4 Å². The second-order valence-corrected chi connectivity index (χ2v) is 8.89. The number of aliphatic hydroxyl groups is 2. The van der Waals surface area contributed by atoms with E-state index in [1.54, 1.807) is 6.92 Å². The van der Waals surface area contributed by atoms with Crippen LogP contribution in [0.3, 0.4) is 0 Å². The van der Waals surface area contributed by atoms with Crippen molar-refractivity contribution in [3.8, 4) is 0 Å². The molecule has 1 aliphatic rings. The van der Waals surface area contributed by atoms with Crippen LogP contribution in [0.25, 0.3) is 11.2 Å². The van der Waals surface area contributed by atoms with E-state index in [2.05, 4.69) is 4.98 Å². The largest absolute Gasteiger partial charge is 0.391 e. The molecule has 0 saturated carbocycles. The minimum Gasteiger partial charge on any atom is -0.391 e. The topological polar surface area (TPSA) is 175 Å². The van der Waals surface area contributed by atoms with Crippen LogP contribution in [-0.2, 0) is 18.9 Å². The highest BCUT2D eigenvalue weighted by atomic mass is 35.5. The molecule has 3 heterocycles. The molecule has 1 fully saturated rings. The second-order valence-electron chi connectivity index (χ2n) is 8.89. The summed E-state index contributed by atoms with van der Waals surface area (Å²) in [5.74, 6) is -0.339. The predicted molar refractivity (Wildman–Crippen MR) is 125 cm³/mol. The first kappa shape index (κ1) is 27.0. The number of carbonyl (C=O) groups is 1. The number of imidazole rings is 1. The number of amides is 1. The van der Waals surface area contributed by atoms with Crippen molar-refractivity contribution in [1.82, 2.24) is 23.6 Å². The maximum atomic E-state index is 13.0. The molecule has 0 aromatic carbocycles. The van der Waals surface area contributed by atoms with Crippen molar-refractivity contribution in [2.24, 2.45) is 25.6 Å². The van der Waals surface area contributed by atoms with Gasteiger partial charge in [0.1, 0.15) is 0 Å². The van der Waals surface area contributed by atoms with E-state index in [-0.39, 0.29) is 49.0 Å². The Kier molecular flexibility index (Phi) is 8.47. The molecule has 6 N–H and O–H groups in total. The number of aryl methyl sites for hydroxylation is 1. The molecule has 0 unspecified atom stereocenters. The predicted octanol–water partition coefficient (Wildman–Crippen LogP) is -1.80. The van der Waals surface area contributed by atoms with Crippen molar-refractivity contribution in [2.75, 3.05) is 19.6 Å². The van der Waals surface area contributed by atoms with E-state index in [0.29, 0.717) is 19.4 Å². The van der Waals surface area contributed by atoms with E-state index in [9.17, 15) is 24.6 Å². The fourth-order valence-electron chi connectivity index (χ4n) is 4.45. The summed E-state index contributed by atoms with van der Waals surface area (Å²) >= 11 is 0. The maximum Gasteiger partial charge on any atom is 0.332 e. The van der Waals surface area contributed by atoms with Gasteiger partial charge in [0.05, 0.1) is 30.1 Å². The molecule has 0 aliphatic carbocycles. The van der Waals surface area contributed by atoms with Crippen LogP contribution in [0.4, 0.5) is 0 Å². The van der Waals surface area contributed by atoms with Crippen molar-refractivity contribution in [1.29, 1.82) is 0 Å². The lowest BCUT2D eigenvalue weighted by atomic mass is 9.91. The number of hydrogen-bond acceptors (Lipinski definition) is 8. The number of β-amino-alcohol motifs (C(OH)–C–C–N with tert-alkyl or cyclic N) is 1. The van der Waals surface area contributed by atoms with Gasteiger partial charge >= 0.3 is 5.69 Å². The number of unbranched alkanes of at least 4 members (excludes halogenated alkanes) is 1. The van der Waals surface area contributed by atoms with E-state index in [4.69, 9.17) is 11.5 Å². The van der Waals surface area contributed by atoms with Crippen molar-refractivity contribution in [3.63, 3.8) is 0 Å². The van der Waals surface area contributed by atoms with E-state index >= 15 is 0 Å². The molecule has 1 amide bonds. The third kappa shape index (κ3) is 5.14. The summed E-state index contributed by atoms with van der Waals surface area (Å²) in [6.07, 6.45) is 2.31. The number of likely N-dealkylation sites (tertiary alicyclic amines) is 1. The Morgan fingerprint density at radius 1 is 1.27 bits per heavy atom. The molecule has 12 nitrogen and oxygen atoms in total. The minimum absolute atomic E-state index is 0. The summed E-state index contributed by atoms with van der Waals surface area (Å²) in [5, 5.41) is 21.7. The molecule has 33 heavy (non-hydrogen) atoms. The van der Waals surface area contributed by atoms with E-state index < -0.39 is 35.0 Å². The van der Waals surface area contributed by atoms with Gasteiger partial charge in [0.15, 0.2) is 11.2 Å². The molecule has 186 valence electrons. The summed E-state index contributed by atoms with van der Waals surface area (Å²) in [5.41, 5.74) is 9.38. The molecule has 13 heteroatoms. The Labute approximate surface area is 197 Å². The third-order valence-corrected chi connectivity index (χ3v) is 6.30. The van der Waals surface area contributed by atoms with Crippen LogP contribution in [0.5, 0.6) is 0 Å². The SMILES string of the molecule is Cl.Cn1c(=O)c2c(ncn2[C@H]2CN(C(=O)[C@H](N)CCCCN)C[C@H](O)C[C@]2(C)O)n(C)c1=O. The van der Waals surface area contributed by atoms with Crippen molar-refractivity contribution in [3.05, 3.63) is 27.2 Å². The van der Waals surface area contributed by atoms with Gasteiger partial charge in [-0.05, 0) is 26.3 Å². The van der Waals surface area contributed by atoms with E-state index in [1.807, 2.05) is 0 Å². The normalized spacial score (nSPS) is 24.4. The third-order valence-electron chi connectivity index (χ3n) is 6.30. The van der Waals surface area contributed by atoms with Crippen LogP contribution >= 0.6 is 12.4 Å². The van der Waals surface area contributed by atoms with Crippen LogP contribution in [0, 0.1) is 0 Å². The molecule has 4 atom stereocenters. The smallest absolute Gasteiger partial charge is 0.332 e. The molecule has 1 saturated heterocycles. The highest BCUT2D eigenvalue weighted by Gasteiger charge is 2.42. The maximum absolute atomic E-state index is 13.0. The summed E-state index contributed by atoms with van der Waals surface area (Å²) in [6.45, 7) is 2.10. The molecule has 0 radical (unpaired) electrons. The van der Waals surface area contributed by atoms with Crippen LogP contribution < -0.4 is 22.7 Å². The number of aliphatic hydroxyl groups excluding tert-OH is 1. The summed E-state index contributed by atoms with van der Waals surface area (Å²) < 4.78 is 3.72. The molecule has 3 rings (SSSR count). The first-order chi connectivity index (χ1) is 15.0. The van der Waals surface area contributed by atoms with Crippen LogP contribution in [0.2, 0.25) is 0 Å². The van der Waals surface area contributed by atoms with Crippen LogP contribution in [-0.4, -0.2) is 77.1 Å². The van der Waals surface area contributed by atoms with Gasteiger partial charge in [-0.3, -0.25) is 18.7 Å². The number of fused-ring (bicyclic) bond motifs is 1. The Balaban J connectivity index is 0.00000385. The van der Waals surface area contributed by atoms with Gasteiger partial charge in [-0.2, -0.15) is 0 Å².